The van der Waals surface area contributed by atoms with Gasteiger partial charge >= 0.3 is 6.09 Å². The first kappa shape index (κ1) is 17.9. The Balaban J connectivity index is 1.83. The molecule has 1 amide bonds. The molecule has 3 rings (SSSR count). The van der Waals surface area contributed by atoms with Crippen LogP contribution >= 0.6 is 0 Å². The van der Waals surface area contributed by atoms with Gasteiger partial charge < -0.3 is 15.0 Å². The number of rotatable bonds is 3. The van der Waals surface area contributed by atoms with Gasteiger partial charge in [0.15, 0.2) is 0 Å². The fourth-order valence-electron chi connectivity index (χ4n) is 2.65. The van der Waals surface area contributed by atoms with E-state index in [0.717, 1.165) is 16.6 Å². The van der Waals surface area contributed by atoms with Crippen LogP contribution < -0.4 is 5.32 Å². The molecule has 26 heavy (non-hydrogen) atoms. The van der Waals surface area contributed by atoms with Crippen LogP contribution in [-0.2, 0) is 4.74 Å². The summed E-state index contributed by atoms with van der Waals surface area (Å²) in [5.41, 5.74) is 2.26. The van der Waals surface area contributed by atoms with Crippen molar-refractivity contribution in [3.63, 3.8) is 0 Å². The van der Waals surface area contributed by atoms with Crippen LogP contribution in [0.5, 0.6) is 0 Å². The van der Waals surface area contributed by atoms with E-state index in [2.05, 4.69) is 15.3 Å². The Hall–Kier alpha value is -2.89. The van der Waals surface area contributed by atoms with Gasteiger partial charge in [-0.2, -0.15) is 0 Å². The number of nitrogens with one attached hydrogen (secondary N) is 2. The summed E-state index contributed by atoms with van der Waals surface area (Å²) in [5.74, 6) is 0.336. The second-order valence-corrected chi connectivity index (χ2v) is 7.20. The number of halogens is 1. The van der Waals surface area contributed by atoms with Crippen molar-refractivity contribution in [3.05, 3.63) is 54.1 Å². The smallest absolute Gasteiger partial charge is 0.408 e. The van der Waals surface area contributed by atoms with Crippen molar-refractivity contribution in [1.29, 1.82) is 0 Å². The average Bonchev–Trinajstić information content (AvgIpc) is 2.96. The molecule has 2 aromatic carbocycles. The molecule has 0 aliphatic rings. The molecule has 0 spiro atoms. The highest BCUT2D eigenvalue weighted by molar-refractivity contribution is 5.82. The van der Waals surface area contributed by atoms with Crippen molar-refractivity contribution in [1.82, 2.24) is 15.3 Å². The van der Waals surface area contributed by atoms with E-state index < -0.39 is 11.7 Å². The summed E-state index contributed by atoms with van der Waals surface area (Å²) in [6.07, 6.45) is -0.502. The second kappa shape index (κ2) is 6.78. The topological polar surface area (TPSA) is 67.0 Å². The first-order valence-corrected chi connectivity index (χ1v) is 8.47. The SMILES string of the molecule is CC(NC(=O)OC(C)(C)C)c1nc2ccc(-c3ccccc3F)cc2[nH]1. The van der Waals surface area contributed by atoms with Crippen molar-refractivity contribution in [2.24, 2.45) is 0 Å². The van der Waals surface area contributed by atoms with Crippen LogP contribution in [0, 0.1) is 5.82 Å². The molecule has 136 valence electrons. The van der Waals surface area contributed by atoms with E-state index in [9.17, 15) is 9.18 Å². The van der Waals surface area contributed by atoms with Gasteiger partial charge in [0.1, 0.15) is 17.2 Å². The molecule has 1 atom stereocenters. The Kier molecular flexibility index (Phi) is 4.68. The van der Waals surface area contributed by atoms with Gasteiger partial charge in [0.05, 0.1) is 17.1 Å². The zero-order chi connectivity index (χ0) is 18.9. The third kappa shape index (κ3) is 4.02. The molecule has 1 aromatic heterocycles. The number of ether oxygens (including phenoxy) is 1. The van der Waals surface area contributed by atoms with E-state index >= 15 is 0 Å². The largest absolute Gasteiger partial charge is 0.444 e. The van der Waals surface area contributed by atoms with Gasteiger partial charge in [-0.3, -0.25) is 0 Å². The highest BCUT2D eigenvalue weighted by atomic mass is 19.1. The molecule has 0 bridgehead atoms. The number of imidazole rings is 1. The molecule has 0 saturated carbocycles. The quantitative estimate of drug-likeness (QED) is 0.698. The highest BCUT2D eigenvalue weighted by Gasteiger charge is 2.20. The molecule has 0 aliphatic heterocycles. The lowest BCUT2D eigenvalue weighted by Crippen LogP contribution is -2.34. The highest BCUT2D eigenvalue weighted by Crippen LogP contribution is 2.26. The van der Waals surface area contributed by atoms with Crippen molar-refractivity contribution in [2.45, 2.75) is 39.3 Å². The summed E-state index contributed by atoms with van der Waals surface area (Å²) in [5, 5.41) is 2.75. The minimum Gasteiger partial charge on any atom is -0.444 e. The molecular weight excluding hydrogens is 333 g/mol. The summed E-state index contributed by atoms with van der Waals surface area (Å²) in [6.45, 7) is 7.24. The lowest BCUT2D eigenvalue weighted by Gasteiger charge is -2.21. The second-order valence-electron chi connectivity index (χ2n) is 7.20. The molecule has 3 aromatic rings. The first-order chi connectivity index (χ1) is 12.2. The average molecular weight is 355 g/mol. The number of alkyl carbamates (subject to hydrolysis) is 1. The van der Waals surface area contributed by atoms with E-state index in [1.165, 1.54) is 6.07 Å². The van der Waals surface area contributed by atoms with E-state index in [1.54, 1.807) is 18.2 Å². The van der Waals surface area contributed by atoms with Crippen LogP contribution in [-0.4, -0.2) is 21.7 Å². The molecule has 1 heterocycles. The number of aromatic nitrogens is 2. The molecule has 1 unspecified atom stereocenters. The third-order valence-corrected chi connectivity index (χ3v) is 3.83. The van der Waals surface area contributed by atoms with E-state index in [1.807, 2.05) is 45.9 Å². The number of aromatic amines is 1. The van der Waals surface area contributed by atoms with Crippen LogP contribution in [0.3, 0.4) is 0 Å². The Morgan fingerprint density at radius 1 is 1.23 bits per heavy atom. The predicted octanol–water partition coefficient (Wildman–Crippen LogP) is 4.95. The minimum atomic E-state index is -0.563. The lowest BCUT2D eigenvalue weighted by molar-refractivity contribution is 0.0506. The van der Waals surface area contributed by atoms with Gasteiger partial charge in [0.25, 0.3) is 0 Å². The number of carbonyl (C=O) groups is 1. The number of H-pyrrole nitrogens is 1. The molecule has 5 nitrogen and oxygen atoms in total. The number of carbonyl (C=O) groups excluding carboxylic acids is 1. The molecule has 0 saturated heterocycles. The van der Waals surface area contributed by atoms with Gasteiger partial charge in [-0.25, -0.2) is 14.2 Å². The third-order valence-electron chi connectivity index (χ3n) is 3.83. The van der Waals surface area contributed by atoms with Crippen molar-refractivity contribution < 1.29 is 13.9 Å². The minimum absolute atomic E-state index is 0.272. The normalized spacial score (nSPS) is 12.8. The number of fused-ring (bicyclic) bond motifs is 1. The maximum Gasteiger partial charge on any atom is 0.408 e. The summed E-state index contributed by atoms with van der Waals surface area (Å²) < 4.78 is 19.3. The molecule has 0 aliphatic carbocycles. The summed E-state index contributed by atoms with van der Waals surface area (Å²) >= 11 is 0. The fourth-order valence-corrected chi connectivity index (χ4v) is 2.65. The number of nitrogens with zero attached hydrogens (tertiary/aromatic N) is 1. The van der Waals surface area contributed by atoms with Gasteiger partial charge in [0.2, 0.25) is 0 Å². The van der Waals surface area contributed by atoms with Crippen LogP contribution in [0.2, 0.25) is 0 Å². The molecule has 0 radical (unpaired) electrons. The summed E-state index contributed by atoms with van der Waals surface area (Å²) in [7, 11) is 0. The molecule has 6 heteroatoms. The van der Waals surface area contributed by atoms with Crippen LogP contribution in [0.15, 0.2) is 42.5 Å². The number of amides is 1. The van der Waals surface area contributed by atoms with E-state index in [-0.39, 0.29) is 11.9 Å². The van der Waals surface area contributed by atoms with Gasteiger partial charge in [-0.15, -0.1) is 0 Å². The molecular formula is C20H22FN3O2. The van der Waals surface area contributed by atoms with Crippen molar-refractivity contribution in [3.8, 4) is 11.1 Å². The fraction of sp³-hybridized carbons (Fsp3) is 0.300. The van der Waals surface area contributed by atoms with Crippen molar-refractivity contribution >= 4 is 17.1 Å². The maximum atomic E-state index is 14.0. The summed E-state index contributed by atoms with van der Waals surface area (Å²) in [6, 6.07) is 11.8. The molecule has 2 N–H and O–H groups in total. The zero-order valence-corrected chi connectivity index (χ0v) is 15.3. The Morgan fingerprint density at radius 2 is 1.96 bits per heavy atom. The number of hydrogen-bond donors (Lipinski definition) is 2. The van der Waals surface area contributed by atoms with E-state index in [0.29, 0.717) is 11.4 Å². The number of hydrogen-bond acceptors (Lipinski definition) is 3. The molecule has 0 fully saturated rings. The van der Waals surface area contributed by atoms with Gasteiger partial charge in [0, 0.05) is 5.56 Å². The van der Waals surface area contributed by atoms with Gasteiger partial charge in [-0.05, 0) is 51.5 Å². The predicted molar refractivity (Wildman–Crippen MR) is 99.3 cm³/mol. The first-order valence-electron chi connectivity index (χ1n) is 8.47. The Labute approximate surface area is 151 Å². The Bertz CT molecular complexity index is 944. The van der Waals surface area contributed by atoms with Crippen LogP contribution in [0.4, 0.5) is 9.18 Å². The lowest BCUT2D eigenvalue weighted by atomic mass is 10.0. The van der Waals surface area contributed by atoms with Crippen molar-refractivity contribution in [2.75, 3.05) is 0 Å². The Morgan fingerprint density at radius 3 is 2.65 bits per heavy atom. The van der Waals surface area contributed by atoms with Gasteiger partial charge in [-0.1, -0.05) is 24.3 Å². The standard InChI is InChI=1S/C20H22FN3O2/c1-12(22-19(25)26-20(2,3)4)18-23-16-10-9-13(11-17(16)24-18)14-7-5-6-8-15(14)21/h5-12H,1-4H3,(H,22,25)(H,23,24). The zero-order valence-electron chi connectivity index (χ0n) is 15.3. The van der Waals surface area contributed by atoms with Crippen LogP contribution in [0.1, 0.15) is 39.6 Å². The maximum absolute atomic E-state index is 14.0. The monoisotopic (exact) mass is 355 g/mol. The van der Waals surface area contributed by atoms with E-state index in [4.69, 9.17) is 4.74 Å². The van der Waals surface area contributed by atoms with Crippen LogP contribution in [0.25, 0.3) is 22.2 Å². The number of benzene rings is 2. The summed E-state index contributed by atoms with van der Waals surface area (Å²) in [4.78, 5) is 19.6.